The van der Waals surface area contributed by atoms with Crippen LogP contribution in [-0.2, 0) is 6.42 Å². The number of aromatic nitrogens is 1. The van der Waals surface area contributed by atoms with E-state index in [0.717, 1.165) is 5.56 Å². The van der Waals surface area contributed by atoms with Gasteiger partial charge in [-0.3, -0.25) is 9.98 Å². The number of rotatable bonds is 3. The normalized spacial score (nSPS) is 11.4. The van der Waals surface area contributed by atoms with E-state index in [1.165, 1.54) is 6.07 Å². The fourth-order valence-corrected chi connectivity index (χ4v) is 2.81. The first kappa shape index (κ1) is 15.6. The van der Waals surface area contributed by atoms with Crippen molar-refractivity contribution in [3.8, 4) is 11.5 Å². The van der Waals surface area contributed by atoms with Crippen molar-refractivity contribution in [1.29, 1.82) is 0 Å². The maximum Gasteiger partial charge on any atom is 0.168 e. The summed E-state index contributed by atoms with van der Waals surface area (Å²) < 4.78 is 0. The third kappa shape index (κ3) is 3.09. The second-order valence-corrected chi connectivity index (χ2v) is 5.69. The maximum absolute atomic E-state index is 10.2. The molecular weight excluding hydrogens is 335 g/mol. The van der Waals surface area contributed by atoms with Crippen molar-refractivity contribution >= 4 is 46.0 Å². The largest absolute Gasteiger partial charge is 0.507 e. The molecule has 0 amide bonds. The molecule has 0 atom stereocenters. The third-order valence-electron chi connectivity index (χ3n) is 3.41. The lowest BCUT2D eigenvalue weighted by Gasteiger charge is -2.06. The molecule has 3 aromatic rings. The van der Waals surface area contributed by atoms with Gasteiger partial charge in [-0.25, -0.2) is 0 Å². The summed E-state index contributed by atoms with van der Waals surface area (Å²) in [5.74, 6) is -0.0752. The van der Waals surface area contributed by atoms with Gasteiger partial charge in [0.1, 0.15) is 17.0 Å². The van der Waals surface area contributed by atoms with Crippen LogP contribution < -0.4 is 0 Å². The first-order chi connectivity index (χ1) is 11.1. The smallest absolute Gasteiger partial charge is 0.168 e. The number of hydrogen-bond acceptors (Lipinski definition) is 4. The van der Waals surface area contributed by atoms with Gasteiger partial charge in [0, 0.05) is 40.3 Å². The van der Waals surface area contributed by atoms with Gasteiger partial charge in [0.15, 0.2) is 5.75 Å². The second kappa shape index (κ2) is 6.44. The maximum atomic E-state index is 10.2. The molecule has 4 nitrogen and oxygen atoms in total. The molecule has 0 aliphatic carbocycles. The molecule has 3 rings (SSSR count). The van der Waals surface area contributed by atoms with Crippen LogP contribution in [0.5, 0.6) is 11.5 Å². The minimum absolute atomic E-state index is 0.00817. The van der Waals surface area contributed by atoms with E-state index >= 15 is 0 Å². The molecule has 0 saturated carbocycles. The number of aromatic hydroxyl groups is 2. The molecule has 6 heteroatoms. The number of halogens is 2. The van der Waals surface area contributed by atoms with Gasteiger partial charge in [0.05, 0.1) is 0 Å². The highest BCUT2D eigenvalue weighted by Crippen LogP contribution is 2.38. The Morgan fingerprint density at radius 3 is 2.57 bits per heavy atom. The topological polar surface area (TPSA) is 65.7 Å². The van der Waals surface area contributed by atoms with Crippen molar-refractivity contribution in [2.45, 2.75) is 6.42 Å². The molecule has 1 heterocycles. The van der Waals surface area contributed by atoms with Gasteiger partial charge in [0.2, 0.25) is 0 Å². The Labute approximate surface area is 142 Å². The number of pyridine rings is 1. The summed E-state index contributed by atoms with van der Waals surface area (Å²) in [6.45, 7) is 0. The molecule has 116 valence electrons. The average Bonchev–Trinajstić information content (AvgIpc) is 2.55. The van der Waals surface area contributed by atoms with E-state index < -0.39 is 0 Å². The van der Waals surface area contributed by atoms with Crippen LogP contribution in [0.4, 0.5) is 5.69 Å². The summed E-state index contributed by atoms with van der Waals surface area (Å²) in [6.07, 6.45) is 3.52. The Balaban J connectivity index is 1.94. The highest BCUT2D eigenvalue weighted by molar-refractivity contribution is 6.36. The summed E-state index contributed by atoms with van der Waals surface area (Å²) in [5.41, 5.74) is 1.29. The van der Waals surface area contributed by atoms with Crippen molar-refractivity contribution in [1.82, 2.24) is 4.98 Å². The molecule has 0 aliphatic heterocycles. The molecule has 0 radical (unpaired) electrons. The molecule has 0 aliphatic rings. The molecule has 1 aromatic heterocycles. The van der Waals surface area contributed by atoms with E-state index in [2.05, 4.69) is 9.98 Å². The highest BCUT2D eigenvalue weighted by atomic mass is 35.5. The molecule has 23 heavy (non-hydrogen) atoms. The monoisotopic (exact) mass is 346 g/mol. The van der Waals surface area contributed by atoms with Crippen LogP contribution in [0, 0.1) is 0 Å². The number of hydrogen-bond donors (Lipinski definition) is 2. The number of nitrogens with zero attached hydrogens (tertiary/aromatic N) is 2. The van der Waals surface area contributed by atoms with Gasteiger partial charge in [-0.1, -0.05) is 29.3 Å². The van der Waals surface area contributed by atoms with E-state index in [0.29, 0.717) is 27.4 Å². The average molecular weight is 347 g/mol. The molecule has 0 fully saturated rings. The lowest BCUT2D eigenvalue weighted by molar-refractivity contribution is 0.470. The zero-order valence-corrected chi connectivity index (χ0v) is 13.4. The van der Waals surface area contributed by atoms with Crippen molar-refractivity contribution in [2.75, 3.05) is 0 Å². The van der Waals surface area contributed by atoms with Crippen LogP contribution in [-0.4, -0.2) is 21.4 Å². The van der Waals surface area contributed by atoms with Gasteiger partial charge >= 0.3 is 0 Å². The first-order valence-corrected chi connectivity index (χ1v) is 7.58. The lowest BCUT2D eigenvalue weighted by Crippen LogP contribution is -1.89. The van der Waals surface area contributed by atoms with E-state index in [4.69, 9.17) is 23.2 Å². The Kier molecular flexibility index (Phi) is 4.37. The van der Waals surface area contributed by atoms with E-state index in [-0.39, 0.29) is 17.2 Å². The molecular formula is C17H12Cl2N2O2. The van der Waals surface area contributed by atoms with Crippen LogP contribution in [0.3, 0.4) is 0 Å². The number of benzene rings is 2. The van der Waals surface area contributed by atoms with Crippen LogP contribution in [0.25, 0.3) is 10.9 Å². The van der Waals surface area contributed by atoms with Crippen molar-refractivity contribution in [2.24, 2.45) is 4.99 Å². The summed E-state index contributed by atoms with van der Waals surface area (Å²) in [5, 5.41) is 21.8. The second-order valence-electron chi connectivity index (χ2n) is 4.88. The highest BCUT2D eigenvalue weighted by Gasteiger charge is 2.11. The molecule has 0 spiro atoms. The fraction of sp³-hybridized carbons (Fsp3) is 0.0588. The van der Waals surface area contributed by atoms with E-state index in [9.17, 15) is 10.2 Å². The van der Waals surface area contributed by atoms with Gasteiger partial charge < -0.3 is 10.2 Å². The first-order valence-electron chi connectivity index (χ1n) is 6.83. The molecule has 0 unspecified atom stereocenters. The lowest BCUT2D eigenvalue weighted by atomic mass is 10.1. The SMILES string of the molecule is Oc1cc(N=CCc2c(Cl)cccc2Cl)c(O)c2ncccc12. The van der Waals surface area contributed by atoms with Gasteiger partial charge in [-0.15, -0.1) is 0 Å². The number of aliphatic imine (C=N–C) groups is 1. The van der Waals surface area contributed by atoms with Crippen LogP contribution in [0.15, 0.2) is 47.6 Å². The molecule has 2 aromatic carbocycles. The van der Waals surface area contributed by atoms with Crippen LogP contribution in [0.1, 0.15) is 5.56 Å². The molecule has 0 saturated heterocycles. The zero-order chi connectivity index (χ0) is 16.4. The summed E-state index contributed by atoms with van der Waals surface area (Å²) in [6, 6.07) is 10.0. The summed E-state index contributed by atoms with van der Waals surface area (Å²) >= 11 is 12.2. The quantitative estimate of drug-likeness (QED) is 0.523. The van der Waals surface area contributed by atoms with Crippen LogP contribution in [0.2, 0.25) is 10.0 Å². The number of phenolic OH excluding ortho intramolecular Hbond substituents is 2. The predicted molar refractivity (Wildman–Crippen MR) is 93.4 cm³/mol. The zero-order valence-electron chi connectivity index (χ0n) is 11.9. The Hall–Kier alpha value is -2.30. The van der Waals surface area contributed by atoms with Crippen molar-refractivity contribution in [3.63, 3.8) is 0 Å². The van der Waals surface area contributed by atoms with Gasteiger partial charge in [-0.05, 0) is 29.8 Å². The Bertz CT molecular complexity index is 890. The van der Waals surface area contributed by atoms with Crippen LogP contribution >= 0.6 is 23.2 Å². The Morgan fingerprint density at radius 1 is 1.09 bits per heavy atom. The predicted octanol–water partition coefficient (Wildman–Crippen LogP) is 4.90. The standard InChI is InChI=1S/C17H12Cl2N2O2/c18-12-4-1-5-13(19)10(12)6-8-20-14-9-15(22)11-3-2-7-21-16(11)17(14)23/h1-5,7-9,22-23H,6H2. The van der Waals surface area contributed by atoms with Gasteiger partial charge in [0.25, 0.3) is 0 Å². The molecule has 0 bridgehead atoms. The van der Waals surface area contributed by atoms with E-state index in [1.54, 1.807) is 42.7 Å². The minimum atomic E-state index is -0.0834. The fourth-order valence-electron chi connectivity index (χ4n) is 2.26. The third-order valence-corrected chi connectivity index (χ3v) is 4.12. The van der Waals surface area contributed by atoms with Gasteiger partial charge in [-0.2, -0.15) is 0 Å². The Morgan fingerprint density at radius 2 is 1.83 bits per heavy atom. The summed E-state index contributed by atoms with van der Waals surface area (Å²) in [7, 11) is 0. The van der Waals surface area contributed by atoms with E-state index in [1.807, 2.05) is 0 Å². The van der Waals surface area contributed by atoms with Crippen molar-refractivity contribution < 1.29 is 10.2 Å². The summed E-state index contributed by atoms with van der Waals surface area (Å²) in [4.78, 5) is 8.27. The number of fused-ring (bicyclic) bond motifs is 1. The number of phenols is 2. The molecule has 2 N–H and O–H groups in total. The van der Waals surface area contributed by atoms with Crippen molar-refractivity contribution in [3.05, 3.63) is 58.2 Å². The minimum Gasteiger partial charge on any atom is -0.507 e.